The maximum atomic E-state index is 12.5. The van der Waals surface area contributed by atoms with Gasteiger partial charge >= 0.3 is 6.03 Å². The van der Waals surface area contributed by atoms with Gasteiger partial charge in [0.25, 0.3) is 0 Å². The van der Waals surface area contributed by atoms with E-state index in [4.69, 9.17) is 11.6 Å². The molecule has 2 rings (SSSR count). The van der Waals surface area contributed by atoms with Crippen LogP contribution in [0.15, 0.2) is 23.1 Å². The normalized spacial score (nSPS) is 18.9. The van der Waals surface area contributed by atoms with Gasteiger partial charge in [-0.3, -0.25) is 0 Å². The van der Waals surface area contributed by atoms with Crippen LogP contribution in [0.2, 0.25) is 5.02 Å². The van der Waals surface area contributed by atoms with Gasteiger partial charge in [-0.05, 0) is 51.1 Å². The first-order valence-electron chi connectivity index (χ1n) is 6.96. The molecule has 1 atom stereocenters. The Morgan fingerprint density at radius 1 is 1.52 bits per heavy atom. The second-order valence-corrected chi connectivity index (χ2v) is 7.06. The molecule has 1 aliphatic rings. The summed E-state index contributed by atoms with van der Waals surface area (Å²) >= 11 is 7.56. The van der Waals surface area contributed by atoms with Crippen molar-refractivity contribution in [1.82, 2.24) is 4.90 Å². The monoisotopic (exact) mass is 328 g/mol. The maximum Gasteiger partial charge on any atom is 0.322 e. The Morgan fingerprint density at radius 2 is 2.24 bits per heavy atom. The molecule has 0 saturated carbocycles. The van der Waals surface area contributed by atoms with Crippen molar-refractivity contribution in [3.8, 4) is 0 Å². The van der Waals surface area contributed by atoms with Gasteiger partial charge in [-0.2, -0.15) is 0 Å². The van der Waals surface area contributed by atoms with Crippen LogP contribution in [0.25, 0.3) is 0 Å². The summed E-state index contributed by atoms with van der Waals surface area (Å²) in [7, 11) is 0. The molecule has 0 aromatic heterocycles. The Balaban J connectivity index is 2.16. The summed E-state index contributed by atoms with van der Waals surface area (Å²) in [5, 5.41) is 13.7. The zero-order valence-corrected chi connectivity index (χ0v) is 14.1. The molecule has 1 aromatic rings. The van der Waals surface area contributed by atoms with Crippen molar-refractivity contribution in [1.29, 1.82) is 0 Å². The molecule has 4 nitrogen and oxygen atoms in total. The number of nitrogens with one attached hydrogen (secondary N) is 1. The largest absolute Gasteiger partial charge is 0.388 e. The minimum atomic E-state index is -0.898. The van der Waals surface area contributed by atoms with Crippen LogP contribution in [-0.2, 0) is 0 Å². The van der Waals surface area contributed by atoms with Crippen LogP contribution in [0.1, 0.15) is 26.7 Å². The van der Waals surface area contributed by atoms with Crippen molar-refractivity contribution in [2.24, 2.45) is 0 Å². The highest BCUT2D eigenvalue weighted by atomic mass is 35.5. The van der Waals surface area contributed by atoms with Gasteiger partial charge in [0.2, 0.25) is 0 Å². The average molecular weight is 329 g/mol. The zero-order valence-electron chi connectivity index (χ0n) is 12.5. The lowest BCUT2D eigenvalue weighted by Gasteiger charge is -2.33. The first kappa shape index (κ1) is 16.5. The standard InChI is InChI=1S/C15H21ClN2O2S/c1-15(2,20)13-5-4-8-18(13)14(19)17-11-9-10(16)6-7-12(11)21-3/h6-7,9,13,20H,4-5,8H2,1-3H3,(H,17,19). The van der Waals surface area contributed by atoms with Crippen molar-refractivity contribution >= 4 is 35.1 Å². The molecular weight excluding hydrogens is 308 g/mol. The van der Waals surface area contributed by atoms with E-state index >= 15 is 0 Å². The number of benzene rings is 1. The summed E-state index contributed by atoms with van der Waals surface area (Å²) in [5.74, 6) is 0. The molecule has 2 amide bonds. The Bertz CT molecular complexity index is 531. The van der Waals surface area contributed by atoms with Gasteiger partial charge in [0, 0.05) is 16.5 Å². The van der Waals surface area contributed by atoms with Gasteiger partial charge in [-0.25, -0.2) is 4.79 Å². The minimum absolute atomic E-state index is 0.158. The maximum absolute atomic E-state index is 12.5. The number of nitrogens with zero attached hydrogens (tertiary/aromatic N) is 1. The Morgan fingerprint density at radius 3 is 2.86 bits per heavy atom. The second-order valence-electron chi connectivity index (χ2n) is 5.78. The Hall–Kier alpha value is -0.910. The molecule has 1 fully saturated rings. The number of halogens is 1. The Labute approximate surface area is 134 Å². The van der Waals surface area contributed by atoms with Crippen molar-refractivity contribution in [3.05, 3.63) is 23.2 Å². The molecule has 1 aromatic carbocycles. The number of urea groups is 1. The third-order valence-corrected chi connectivity index (χ3v) is 4.76. The first-order valence-corrected chi connectivity index (χ1v) is 8.56. The molecule has 6 heteroatoms. The van der Waals surface area contributed by atoms with Crippen LogP contribution in [0, 0.1) is 0 Å². The number of hydrogen-bond acceptors (Lipinski definition) is 3. The fourth-order valence-corrected chi connectivity index (χ4v) is 3.42. The van der Waals surface area contributed by atoms with E-state index in [-0.39, 0.29) is 12.1 Å². The van der Waals surface area contributed by atoms with Gasteiger partial charge < -0.3 is 15.3 Å². The number of carbonyl (C=O) groups is 1. The lowest BCUT2D eigenvalue weighted by molar-refractivity contribution is 0.0117. The lowest BCUT2D eigenvalue weighted by Crippen LogP contribution is -2.49. The molecule has 1 saturated heterocycles. The third-order valence-electron chi connectivity index (χ3n) is 3.73. The molecule has 1 aliphatic heterocycles. The van der Waals surface area contributed by atoms with E-state index in [1.54, 1.807) is 42.6 Å². The predicted molar refractivity (Wildman–Crippen MR) is 88.3 cm³/mol. The smallest absolute Gasteiger partial charge is 0.322 e. The summed E-state index contributed by atoms with van der Waals surface area (Å²) in [6.07, 6.45) is 3.68. The number of hydrogen-bond donors (Lipinski definition) is 2. The molecule has 1 unspecified atom stereocenters. The van der Waals surface area contributed by atoms with Crippen LogP contribution < -0.4 is 5.32 Å². The number of carbonyl (C=O) groups excluding carboxylic acids is 1. The van der Waals surface area contributed by atoms with Crippen molar-refractivity contribution in [2.75, 3.05) is 18.1 Å². The van der Waals surface area contributed by atoms with E-state index in [1.807, 2.05) is 12.3 Å². The summed E-state index contributed by atoms with van der Waals surface area (Å²) in [5.41, 5.74) is -0.189. The number of aliphatic hydroxyl groups is 1. The summed E-state index contributed by atoms with van der Waals surface area (Å²) < 4.78 is 0. The zero-order chi connectivity index (χ0) is 15.6. The van der Waals surface area contributed by atoms with Gasteiger partial charge in [-0.1, -0.05) is 11.6 Å². The minimum Gasteiger partial charge on any atom is -0.388 e. The van der Waals surface area contributed by atoms with Crippen LogP contribution in [0.3, 0.4) is 0 Å². The fraction of sp³-hybridized carbons (Fsp3) is 0.533. The fourth-order valence-electron chi connectivity index (χ4n) is 2.71. The SMILES string of the molecule is CSc1ccc(Cl)cc1NC(=O)N1CCCC1C(C)(C)O. The van der Waals surface area contributed by atoms with E-state index in [9.17, 15) is 9.90 Å². The topological polar surface area (TPSA) is 52.6 Å². The van der Waals surface area contributed by atoms with E-state index in [0.29, 0.717) is 17.3 Å². The van der Waals surface area contributed by atoms with Gasteiger partial charge in [-0.15, -0.1) is 11.8 Å². The molecule has 0 radical (unpaired) electrons. The van der Waals surface area contributed by atoms with Crippen LogP contribution in [0.5, 0.6) is 0 Å². The van der Waals surface area contributed by atoms with E-state index in [1.165, 1.54) is 0 Å². The predicted octanol–water partition coefficient (Wildman–Crippen LogP) is 3.83. The molecule has 116 valence electrons. The molecule has 0 aliphatic carbocycles. The van der Waals surface area contributed by atoms with Gasteiger partial charge in [0.1, 0.15) is 0 Å². The number of amides is 2. The van der Waals surface area contributed by atoms with Crippen molar-refractivity contribution in [3.63, 3.8) is 0 Å². The van der Waals surface area contributed by atoms with Crippen LogP contribution in [-0.4, -0.2) is 40.5 Å². The molecule has 21 heavy (non-hydrogen) atoms. The number of anilines is 1. The number of likely N-dealkylation sites (tertiary alicyclic amines) is 1. The van der Waals surface area contributed by atoms with Crippen molar-refractivity contribution in [2.45, 2.75) is 43.2 Å². The van der Waals surface area contributed by atoms with Gasteiger partial charge in [0.05, 0.1) is 17.3 Å². The van der Waals surface area contributed by atoms with Crippen LogP contribution in [0.4, 0.5) is 10.5 Å². The molecule has 2 N–H and O–H groups in total. The molecule has 0 bridgehead atoms. The number of rotatable bonds is 3. The molecular formula is C15H21ClN2O2S. The van der Waals surface area contributed by atoms with Crippen molar-refractivity contribution < 1.29 is 9.90 Å². The lowest BCUT2D eigenvalue weighted by atomic mass is 9.97. The van der Waals surface area contributed by atoms with E-state index in [0.717, 1.165) is 17.7 Å². The average Bonchev–Trinajstić information content (AvgIpc) is 2.88. The quantitative estimate of drug-likeness (QED) is 0.829. The highest BCUT2D eigenvalue weighted by molar-refractivity contribution is 7.98. The molecule has 1 heterocycles. The summed E-state index contributed by atoms with van der Waals surface area (Å²) in [6.45, 7) is 4.15. The van der Waals surface area contributed by atoms with Gasteiger partial charge in [0.15, 0.2) is 0 Å². The van der Waals surface area contributed by atoms with E-state index in [2.05, 4.69) is 5.32 Å². The summed E-state index contributed by atoms with van der Waals surface area (Å²) in [6, 6.07) is 5.10. The number of thioether (sulfide) groups is 1. The van der Waals surface area contributed by atoms with E-state index < -0.39 is 5.60 Å². The summed E-state index contributed by atoms with van der Waals surface area (Å²) in [4.78, 5) is 15.2. The third kappa shape index (κ3) is 3.84. The highest BCUT2D eigenvalue weighted by Gasteiger charge is 2.38. The second kappa shape index (κ2) is 6.46. The van der Waals surface area contributed by atoms with Crippen LogP contribution >= 0.6 is 23.4 Å². The Kier molecular flexibility index (Phi) is 5.07. The molecule has 0 spiro atoms. The highest BCUT2D eigenvalue weighted by Crippen LogP contribution is 2.31. The first-order chi connectivity index (χ1) is 9.82.